The van der Waals surface area contributed by atoms with Crippen LogP contribution in [0.25, 0.3) is 10.4 Å². The number of methoxy groups -OCH3 is 1. The van der Waals surface area contributed by atoms with Crippen LogP contribution in [0.3, 0.4) is 0 Å². The topological polar surface area (TPSA) is 67.2 Å². The van der Waals surface area contributed by atoms with Crippen LogP contribution in [0, 0.1) is 3.57 Å². The van der Waals surface area contributed by atoms with Crippen molar-refractivity contribution in [2.75, 3.05) is 20.5 Å². The van der Waals surface area contributed by atoms with E-state index in [4.69, 9.17) is 15.0 Å². The van der Waals surface area contributed by atoms with Crippen LogP contribution >= 0.6 is 22.6 Å². The first-order valence-electron chi connectivity index (χ1n) is 4.65. The standard InChI is InChI=1S/C10H12IN3O2/c1-15-7-16-6-10(13-14-12)8-4-2-3-5-9(8)11/h2-5,10H,6-7H2,1H3/t10-/m0/s1. The van der Waals surface area contributed by atoms with Crippen LogP contribution in [0.5, 0.6) is 0 Å². The van der Waals surface area contributed by atoms with E-state index in [0.29, 0.717) is 6.61 Å². The maximum absolute atomic E-state index is 8.51. The van der Waals surface area contributed by atoms with Gasteiger partial charge in [0.25, 0.3) is 0 Å². The van der Waals surface area contributed by atoms with Crippen LogP contribution in [0.2, 0.25) is 0 Å². The van der Waals surface area contributed by atoms with Gasteiger partial charge in [-0.05, 0) is 39.8 Å². The molecule has 86 valence electrons. The molecule has 0 saturated heterocycles. The molecule has 1 atom stereocenters. The second-order valence-electron chi connectivity index (χ2n) is 3.02. The highest BCUT2D eigenvalue weighted by molar-refractivity contribution is 14.1. The van der Waals surface area contributed by atoms with Gasteiger partial charge in [0.05, 0.1) is 12.6 Å². The molecule has 0 spiro atoms. The summed E-state index contributed by atoms with van der Waals surface area (Å²) in [6.45, 7) is 0.513. The van der Waals surface area contributed by atoms with Gasteiger partial charge < -0.3 is 9.47 Å². The van der Waals surface area contributed by atoms with E-state index in [0.717, 1.165) is 9.13 Å². The van der Waals surface area contributed by atoms with Crippen molar-refractivity contribution in [2.24, 2.45) is 5.11 Å². The molecule has 0 aliphatic heterocycles. The normalized spacial score (nSPS) is 11.9. The van der Waals surface area contributed by atoms with Gasteiger partial charge in [0, 0.05) is 15.6 Å². The lowest BCUT2D eigenvalue weighted by atomic mass is 10.1. The van der Waals surface area contributed by atoms with Gasteiger partial charge in [0.1, 0.15) is 6.79 Å². The fourth-order valence-corrected chi connectivity index (χ4v) is 1.98. The number of halogens is 1. The van der Waals surface area contributed by atoms with Gasteiger partial charge in [0.15, 0.2) is 0 Å². The van der Waals surface area contributed by atoms with E-state index >= 15 is 0 Å². The Bertz CT molecular complexity index is 380. The second kappa shape index (κ2) is 7.45. The van der Waals surface area contributed by atoms with E-state index in [1.165, 1.54) is 0 Å². The van der Waals surface area contributed by atoms with Gasteiger partial charge in [-0.1, -0.05) is 23.3 Å². The van der Waals surface area contributed by atoms with Crippen LogP contribution < -0.4 is 0 Å². The van der Waals surface area contributed by atoms with Gasteiger partial charge in [-0.3, -0.25) is 0 Å². The molecule has 1 aromatic carbocycles. The maximum atomic E-state index is 8.51. The lowest BCUT2D eigenvalue weighted by Crippen LogP contribution is -2.08. The van der Waals surface area contributed by atoms with Crippen molar-refractivity contribution >= 4 is 22.6 Å². The molecule has 0 amide bonds. The van der Waals surface area contributed by atoms with Crippen molar-refractivity contribution in [1.82, 2.24) is 0 Å². The molecule has 0 heterocycles. The first-order chi connectivity index (χ1) is 7.79. The fourth-order valence-electron chi connectivity index (χ4n) is 1.24. The smallest absolute Gasteiger partial charge is 0.146 e. The largest absolute Gasteiger partial charge is 0.359 e. The van der Waals surface area contributed by atoms with Crippen LogP contribution in [-0.2, 0) is 9.47 Å². The molecule has 0 fully saturated rings. The number of ether oxygens (including phenoxy) is 2. The van der Waals surface area contributed by atoms with Crippen LogP contribution in [0.4, 0.5) is 0 Å². The molecular formula is C10H12IN3O2. The Balaban J connectivity index is 2.77. The van der Waals surface area contributed by atoms with Crippen LogP contribution in [-0.4, -0.2) is 20.5 Å². The van der Waals surface area contributed by atoms with Gasteiger partial charge in [-0.2, -0.15) is 0 Å². The van der Waals surface area contributed by atoms with Gasteiger partial charge in [-0.15, -0.1) is 0 Å². The highest BCUT2D eigenvalue weighted by Crippen LogP contribution is 2.23. The minimum atomic E-state index is -0.312. The van der Waals surface area contributed by atoms with Crippen LogP contribution in [0.1, 0.15) is 11.6 Å². The van der Waals surface area contributed by atoms with Crippen LogP contribution in [0.15, 0.2) is 29.4 Å². The van der Waals surface area contributed by atoms with Crippen molar-refractivity contribution in [3.05, 3.63) is 43.8 Å². The third kappa shape index (κ3) is 3.97. The van der Waals surface area contributed by atoms with E-state index in [-0.39, 0.29) is 12.8 Å². The highest BCUT2D eigenvalue weighted by Gasteiger charge is 2.12. The lowest BCUT2D eigenvalue weighted by Gasteiger charge is -2.13. The van der Waals surface area contributed by atoms with Crippen molar-refractivity contribution in [3.8, 4) is 0 Å². The van der Waals surface area contributed by atoms with E-state index in [9.17, 15) is 0 Å². The molecular weight excluding hydrogens is 321 g/mol. The zero-order valence-corrected chi connectivity index (χ0v) is 11.0. The minimum Gasteiger partial charge on any atom is -0.359 e. The number of hydrogen-bond donors (Lipinski definition) is 0. The first-order valence-corrected chi connectivity index (χ1v) is 5.72. The molecule has 0 aliphatic rings. The Morgan fingerprint density at radius 2 is 2.25 bits per heavy atom. The van der Waals surface area contributed by atoms with Crippen molar-refractivity contribution in [3.63, 3.8) is 0 Å². The molecule has 0 aromatic heterocycles. The maximum Gasteiger partial charge on any atom is 0.146 e. The zero-order chi connectivity index (χ0) is 11.8. The zero-order valence-electron chi connectivity index (χ0n) is 8.84. The fraction of sp³-hybridized carbons (Fsp3) is 0.400. The molecule has 16 heavy (non-hydrogen) atoms. The van der Waals surface area contributed by atoms with E-state index < -0.39 is 0 Å². The highest BCUT2D eigenvalue weighted by atomic mass is 127. The van der Waals surface area contributed by atoms with Gasteiger partial charge in [0.2, 0.25) is 0 Å². The average Bonchev–Trinajstić information content (AvgIpc) is 2.29. The average molecular weight is 333 g/mol. The Labute approximate surface area is 108 Å². The Kier molecular flexibility index (Phi) is 6.17. The molecule has 5 nitrogen and oxygen atoms in total. The number of rotatable bonds is 6. The number of nitrogens with zero attached hydrogens (tertiary/aromatic N) is 3. The Hall–Kier alpha value is -0.820. The molecule has 0 unspecified atom stereocenters. The number of benzene rings is 1. The molecule has 1 rings (SSSR count). The molecule has 0 radical (unpaired) electrons. The van der Waals surface area contributed by atoms with E-state index in [2.05, 4.69) is 32.6 Å². The lowest BCUT2D eigenvalue weighted by molar-refractivity contribution is -0.0352. The summed E-state index contributed by atoms with van der Waals surface area (Å²) >= 11 is 2.21. The predicted molar refractivity (Wildman–Crippen MR) is 68.9 cm³/mol. The molecule has 0 bridgehead atoms. The van der Waals surface area contributed by atoms with Crippen molar-refractivity contribution < 1.29 is 9.47 Å². The van der Waals surface area contributed by atoms with E-state index in [1.807, 2.05) is 24.3 Å². The summed E-state index contributed by atoms with van der Waals surface area (Å²) in [4.78, 5) is 2.83. The second-order valence-corrected chi connectivity index (χ2v) is 4.18. The number of azide groups is 1. The molecule has 1 aromatic rings. The SMILES string of the molecule is COCOC[C@H](N=[N+]=[N-])c1ccccc1I. The summed E-state index contributed by atoms with van der Waals surface area (Å²) in [6.07, 6.45) is 0. The van der Waals surface area contributed by atoms with E-state index in [1.54, 1.807) is 7.11 Å². The quantitative estimate of drug-likeness (QED) is 0.200. The third-order valence-electron chi connectivity index (χ3n) is 1.93. The third-order valence-corrected chi connectivity index (χ3v) is 2.91. The molecule has 0 saturated carbocycles. The van der Waals surface area contributed by atoms with Crippen molar-refractivity contribution in [1.29, 1.82) is 0 Å². The summed E-state index contributed by atoms with van der Waals surface area (Å²) in [5.74, 6) is 0. The monoisotopic (exact) mass is 333 g/mol. The molecule has 0 aliphatic carbocycles. The summed E-state index contributed by atoms with van der Waals surface area (Å²) in [5, 5.41) is 3.72. The van der Waals surface area contributed by atoms with Crippen molar-refractivity contribution in [2.45, 2.75) is 6.04 Å². The summed E-state index contributed by atoms with van der Waals surface area (Å²) in [5.41, 5.74) is 9.48. The predicted octanol–water partition coefficient (Wildman–Crippen LogP) is 3.26. The van der Waals surface area contributed by atoms with Gasteiger partial charge >= 0.3 is 0 Å². The molecule has 0 N–H and O–H groups in total. The molecule has 6 heteroatoms. The summed E-state index contributed by atoms with van der Waals surface area (Å²) in [7, 11) is 1.55. The van der Waals surface area contributed by atoms with Gasteiger partial charge in [-0.25, -0.2) is 0 Å². The Morgan fingerprint density at radius 3 is 2.88 bits per heavy atom. The summed E-state index contributed by atoms with van der Waals surface area (Å²) < 4.78 is 11.0. The first kappa shape index (κ1) is 13.2. The Morgan fingerprint density at radius 1 is 1.50 bits per heavy atom. The minimum absolute atomic E-state index is 0.195. The summed E-state index contributed by atoms with van der Waals surface area (Å²) in [6, 6.07) is 7.43. The number of hydrogen-bond acceptors (Lipinski definition) is 3.